The summed E-state index contributed by atoms with van der Waals surface area (Å²) in [6.45, 7) is 8.94. The Morgan fingerprint density at radius 2 is 2.00 bits per heavy atom. The molecule has 1 nitrogen and oxygen atoms in total. The van der Waals surface area contributed by atoms with Crippen LogP contribution in [0.5, 0.6) is 0 Å². The van der Waals surface area contributed by atoms with E-state index in [0.717, 1.165) is 0 Å². The quantitative estimate of drug-likeness (QED) is 0.582. The van der Waals surface area contributed by atoms with Gasteiger partial charge in [-0.1, -0.05) is 13.8 Å². The molecule has 0 aliphatic rings. The minimum Gasteiger partial charge on any atom is -0.330 e. The SMILES string of the molecule is CC(C)=C=CC(C)(C)CN. The molecule has 0 saturated carbocycles. The van der Waals surface area contributed by atoms with E-state index in [1.54, 1.807) is 0 Å². The average molecular weight is 139 g/mol. The van der Waals surface area contributed by atoms with Crippen LogP contribution in [0.1, 0.15) is 27.7 Å². The van der Waals surface area contributed by atoms with Gasteiger partial charge in [0.15, 0.2) is 0 Å². The van der Waals surface area contributed by atoms with Gasteiger partial charge in [-0.25, -0.2) is 0 Å². The van der Waals surface area contributed by atoms with Gasteiger partial charge in [-0.05, 0) is 25.5 Å². The maximum absolute atomic E-state index is 5.51. The predicted molar refractivity (Wildman–Crippen MR) is 45.8 cm³/mol. The molecule has 0 bridgehead atoms. The Morgan fingerprint density at radius 1 is 1.50 bits per heavy atom. The lowest BCUT2D eigenvalue weighted by Gasteiger charge is -2.14. The standard InChI is InChI=1S/C9H17N/c1-8(2)5-6-9(3,4)7-10/h6H,7,10H2,1-4H3. The van der Waals surface area contributed by atoms with E-state index in [0.29, 0.717) is 6.54 Å². The second-order valence-corrected chi connectivity index (χ2v) is 3.48. The Morgan fingerprint density at radius 3 is 2.30 bits per heavy atom. The molecule has 0 aromatic carbocycles. The third-order valence-corrected chi connectivity index (χ3v) is 1.28. The van der Waals surface area contributed by atoms with Crippen molar-refractivity contribution >= 4 is 0 Å². The van der Waals surface area contributed by atoms with Gasteiger partial charge >= 0.3 is 0 Å². The molecule has 0 atom stereocenters. The number of rotatable bonds is 2. The third-order valence-electron chi connectivity index (χ3n) is 1.28. The highest BCUT2D eigenvalue weighted by molar-refractivity contribution is 5.00. The summed E-state index contributed by atoms with van der Waals surface area (Å²) in [6.07, 6.45) is 2.03. The molecule has 0 aliphatic carbocycles. The van der Waals surface area contributed by atoms with Crippen molar-refractivity contribution in [3.05, 3.63) is 17.4 Å². The first kappa shape index (κ1) is 9.48. The van der Waals surface area contributed by atoms with Crippen molar-refractivity contribution < 1.29 is 0 Å². The van der Waals surface area contributed by atoms with Gasteiger partial charge in [0, 0.05) is 12.0 Å². The van der Waals surface area contributed by atoms with Crippen molar-refractivity contribution in [3.63, 3.8) is 0 Å². The van der Waals surface area contributed by atoms with E-state index in [2.05, 4.69) is 19.6 Å². The lowest BCUT2D eigenvalue weighted by molar-refractivity contribution is 0.496. The Hall–Kier alpha value is -0.520. The van der Waals surface area contributed by atoms with Crippen LogP contribution >= 0.6 is 0 Å². The predicted octanol–water partition coefficient (Wildman–Crippen LogP) is 2.09. The second-order valence-electron chi connectivity index (χ2n) is 3.48. The highest BCUT2D eigenvalue weighted by Crippen LogP contribution is 2.13. The summed E-state index contributed by atoms with van der Waals surface area (Å²) in [5.74, 6) is 0. The molecule has 58 valence electrons. The maximum atomic E-state index is 5.51. The van der Waals surface area contributed by atoms with Gasteiger partial charge in [0.05, 0.1) is 0 Å². The van der Waals surface area contributed by atoms with E-state index in [9.17, 15) is 0 Å². The number of hydrogen-bond donors (Lipinski definition) is 1. The monoisotopic (exact) mass is 139 g/mol. The van der Waals surface area contributed by atoms with Crippen LogP contribution < -0.4 is 5.73 Å². The van der Waals surface area contributed by atoms with Crippen molar-refractivity contribution in [2.24, 2.45) is 11.1 Å². The molecule has 0 aromatic heterocycles. The van der Waals surface area contributed by atoms with Crippen molar-refractivity contribution in [2.45, 2.75) is 27.7 Å². The zero-order valence-electron chi connectivity index (χ0n) is 7.36. The fourth-order valence-electron chi connectivity index (χ4n) is 0.399. The summed E-state index contributed by atoms with van der Waals surface area (Å²) < 4.78 is 0. The van der Waals surface area contributed by atoms with Crippen LogP contribution in [0.2, 0.25) is 0 Å². The van der Waals surface area contributed by atoms with E-state index in [1.807, 2.05) is 19.9 Å². The molecule has 0 aliphatic heterocycles. The first-order chi connectivity index (χ1) is 4.48. The van der Waals surface area contributed by atoms with Gasteiger partial charge in [0.25, 0.3) is 0 Å². The van der Waals surface area contributed by atoms with Crippen LogP contribution in [0.25, 0.3) is 0 Å². The van der Waals surface area contributed by atoms with Crippen LogP contribution in [0, 0.1) is 5.41 Å². The van der Waals surface area contributed by atoms with E-state index in [4.69, 9.17) is 5.73 Å². The minimum atomic E-state index is 0.0945. The molecule has 0 rings (SSSR count). The highest BCUT2D eigenvalue weighted by Gasteiger charge is 2.09. The Labute approximate surface area is 63.6 Å². The third kappa shape index (κ3) is 4.37. The molecule has 0 saturated heterocycles. The molecular weight excluding hydrogens is 122 g/mol. The van der Waals surface area contributed by atoms with Crippen LogP contribution in [0.3, 0.4) is 0 Å². The normalized spacial score (nSPS) is 10.5. The molecule has 0 fully saturated rings. The molecule has 1 heteroatoms. The zero-order chi connectivity index (χ0) is 8.20. The highest BCUT2D eigenvalue weighted by atomic mass is 14.6. The summed E-state index contributed by atoms with van der Waals surface area (Å²) in [5, 5.41) is 0. The first-order valence-corrected chi connectivity index (χ1v) is 3.59. The summed E-state index contributed by atoms with van der Waals surface area (Å²) in [5.41, 5.74) is 9.95. The van der Waals surface area contributed by atoms with Crippen LogP contribution in [-0.2, 0) is 0 Å². The molecule has 0 amide bonds. The Bertz CT molecular complexity index is 156. The van der Waals surface area contributed by atoms with Crippen molar-refractivity contribution in [1.82, 2.24) is 0 Å². The summed E-state index contributed by atoms with van der Waals surface area (Å²) in [7, 11) is 0. The maximum Gasteiger partial charge on any atom is 0.00235 e. The smallest absolute Gasteiger partial charge is 0.00235 e. The van der Waals surface area contributed by atoms with E-state index < -0.39 is 0 Å². The zero-order valence-corrected chi connectivity index (χ0v) is 7.36. The molecule has 2 N–H and O–H groups in total. The van der Waals surface area contributed by atoms with Crippen molar-refractivity contribution in [3.8, 4) is 0 Å². The molecule has 10 heavy (non-hydrogen) atoms. The van der Waals surface area contributed by atoms with Crippen LogP contribution in [-0.4, -0.2) is 6.54 Å². The number of nitrogens with two attached hydrogens (primary N) is 1. The van der Waals surface area contributed by atoms with Crippen molar-refractivity contribution in [2.75, 3.05) is 6.54 Å². The Kier molecular flexibility index (Phi) is 3.41. The van der Waals surface area contributed by atoms with E-state index in [-0.39, 0.29) is 5.41 Å². The van der Waals surface area contributed by atoms with Crippen LogP contribution in [0.15, 0.2) is 17.4 Å². The van der Waals surface area contributed by atoms with Gasteiger partial charge < -0.3 is 5.73 Å². The van der Waals surface area contributed by atoms with Gasteiger partial charge in [-0.2, -0.15) is 0 Å². The molecule has 0 aromatic rings. The topological polar surface area (TPSA) is 26.0 Å². The summed E-state index contributed by atoms with van der Waals surface area (Å²) in [4.78, 5) is 0. The largest absolute Gasteiger partial charge is 0.330 e. The lowest BCUT2D eigenvalue weighted by atomic mass is 9.94. The molecule has 0 unspecified atom stereocenters. The van der Waals surface area contributed by atoms with Gasteiger partial charge in [0.2, 0.25) is 0 Å². The van der Waals surface area contributed by atoms with E-state index >= 15 is 0 Å². The molecule has 0 spiro atoms. The van der Waals surface area contributed by atoms with Crippen LogP contribution in [0.4, 0.5) is 0 Å². The Balaban J connectivity index is 4.27. The number of hydrogen-bond acceptors (Lipinski definition) is 1. The molecular formula is C9H17N. The van der Waals surface area contributed by atoms with Gasteiger partial charge in [-0.15, -0.1) is 5.73 Å². The summed E-state index contributed by atoms with van der Waals surface area (Å²) in [6, 6.07) is 0. The lowest BCUT2D eigenvalue weighted by Crippen LogP contribution is -2.20. The summed E-state index contributed by atoms with van der Waals surface area (Å²) >= 11 is 0. The average Bonchev–Trinajstić information content (AvgIpc) is 1.85. The van der Waals surface area contributed by atoms with Gasteiger partial charge in [-0.3, -0.25) is 0 Å². The first-order valence-electron chi connectivity index (χ1n) is 3.59. The molecule has 0 radical (unpaired) electrons. The minimum absolute atomic E-state index is 0.0945. The van der Waals surface area contributed by atoms with E-state index in [1.165, 1.54) is 5.57 Å². The molecule has 0 heterocycles. The fraction of sp³-hybridized carbons (Fsp3) is 0.667. The fourth-order valence-corrected chi connectivity index (χ4v) is 0.399. The second kappa shape index (κ2) is 3.60. The van der Waals surface area contributed by atoms with Crippen molar-refractivity contribution in [1.29, 1.82) is 0 Å². The van der Waals surface area contributed by atoms with Gasteiger partial charge in [0.1, 0.15) is 0 Å².